The molecular weight excluding hydrogens is 403 g/mol. The molecule has 3 rings (SSSR count). The van der Waals surface area contributed by atoms with Crippen LogP contribution in [0, 0.1) is 5.82 Å². The van der Waals surface area contributed by atoms with Crippen molar-refractivity contribution in [3.63, 3.8) is 0 Å². The van der Waals surface area contributed by atoms with Crippen molar-refractivity contribution >= 4 is 21.6 Å². The Balaban J connectivity index is 1.87. The molecule has 0 radical (unpaired) electrons. The summed E-state index contributed by atoms with van der Waals surface area (Å²) < 4.78 is 41.5. The van der Waals surface area contributed by atoms with Crippen LogP contribution in [0.4, 0.5) is 10.1 Å². The lowest BCUT2D eigenvalue weighted by atomic mass is 10.1. The van der Waals surface area contributed by atoms with Gasteiger partial charge in [-0.1, -0.05) is 48.5 Å². The predicted molar refractivity (Wildman–Crippen MR) is 115 cm³/mol. The minimum Gasteiger partial charge on any atom is -0.332 e. The van der Waals surface area contributed by atoms with E-state index in [-0.39, 0.29) is 28.1 Å². The molecule has 3 aromatic rings. The van der Waals surface area contributed by atoms with Gasteiger partial charge in [-0.05, 0) is 49.7 Å². The molecule has 0 fully saturated rings. The van der Waals surface area contributed by atoms with Crippen molar-refractivity contribution in [2.45, 2.75) is 31.3 Å². The maximum Gasteiger partial charge on any atom is 0.262 e. The summed E-state index contributed by atoms with van der Waals surface area (Å²) in [5.74, 6) is -0.959. The predicted octanol–water partition coefficient (Wildman–Crippen LogP) is 4.68. The molecule has 0 atom stereocenters. The summed E-state index contributed by atoms with van der Waals surface area (Å²) in [5.41, 5.74) is 1.07. The van der Waals surface area contributed by atoms with Crippen LogP contribution in [0.5, 0.6) is 0 Å². The maximum absolute atomic E-state index is 13.9. The van der Waals surface area contributed by atoms with E-state index in [1.54, 1.807) is 11.0 Å². The number of hydrogen-bond donors (Lipinski definition) is 1. The molecule has 0 saturated heterocycles. The number of carbonyl (C=O) groups excluding carboxylic acids is 1. The van der Waals surface area contributed by atoms with Crippen LogP contribution in [-0.2, 0) is 16.6 Å². The van der Waals surface area contributed by atoms with Crippen LogP contribution in [0.3, 0.4) is 0 Å². The van der Waals surface area contributed by atoms with Gasteiger partial charge in [0.1, 0.15) is 5.82 Å². The first-order valence-electron chi connectivity index (χ1n) is 9.50. The zero-order valence-electron chi connectivity index (χ0n) is 16.7. The minimum atomic E-state index is -4.06. The second kappa shape index (κ2) is 9.09. The Hall–Kier alpha value is -3.19. The largest absolute Gasteiger partial charge is 0.332 e. The third-order valence-corrected chi connectivity index (χ3v) is 5.95. The molecule has 0 aliphatic carbocycles. The standard InChI is InChI=1S/C23H23FN2O3S/c1-17(2)26(16-18-9-4-3-5-10-18)23(27)19-11-8-12-20(15-19)30(28,29)25-22-14-7-6-13-21(22)24/h3-15,17,25H,16H2,1-2H3. The SMILES string of the molecule is CC(C)N(Cc1ccccc1)C(=O)c1cccc(S(=O)(=O)Nc2ccccc2F)c1. The van der Waals surface area contributed by atoms with Gasteiger partial charge in [-0.2, -0.15) is 0 Å². The van der Waals surface area contributed by atoms with Crippen molar-refractivity contribution in [1.29, 1.82) is 0 Å². The van der Waals surface area contributed by atoms with E-state index in [4.69, 9.17) is 0 Å². The molecule has 0 spiro atoms. The van der Waals surface area contributed by atoms with Gasteiger partial charge in [0.15, 0.2) is 0 Å². The number of hydrogen-bond acceptors (Lipinski definition) is 3. The number of sulfonamides is 1. The number of anilines is 1. The fraction of sp³-hybridized carbons (Fsp3) is 0.174. The van der Waals surface area contributed by atoms with Crippen LogP contribution in [0.1, 0.15) is 29.8 Å². The van der Waals surface area contributed by atoms with Crippen molar-refractivity contribution in [3.05, 3.63) is 95.8 Å². The highest BCUT2D eigenvalue weighted by Gasteiger charge is 2.22. The van der Waals surface area contributed by atoms with E-state index in [0.29, 0.717) is 6.54 Å². The Morgan fingerprint density at radius 3 is 2.30 bits per heavy atom. The van der Waals surface area contributed by atoms with E-state index in [1.807, 2.05) is 44.2 Å². The maximum atomic E-state index is 13.9. The highest BCUT2D eigenvalue weighted by atomic mass is 32.2. The van der Waals surface area contributed by atoms with Gasteiger partial charge in [-0.25, -0.2) is 12.8 Å². The summed E-state index contributed by atoms with van der Waals surface area (Å²) in [6.07, 6.45) is 0. The number of para-hydroxylation sites is 1. The molecule has 1 amide bonds. The van der Waals surface area contributed by atoms with E-state index < -0.39 is 15.8 Å². The number of nitrogens with zero attached hydrogens (tertiary/aromatic N) is 1. The second-order valence-electron chi connectivity index (χ2n) is 7.13. The number of rotatable bonds is 7. The molecule has 30 heavy (non-hydrogen) atoms. The summed E-state index contributed by atoms with van der Waals surface area (Å²) in [4.78, 5) is 14.7. The topological polar surface area (TPSA) is 66.5 Å². The van der Waals surface area contributed by atoms with E-state index in [1.165, 1.54) is 42.5 Å². The summed E-state index contributed by atoms with van der Waals surface area (Å²) >= 11 is 0. The summed E-state index contributed by atoms with van der Waals surface area (Å²) in [6, 6.07) is 20.8. The molecule has 0 aliphatic heterocycles. The molecule has 0 aromatic heterocycles. The average Bonchev–Trinajstić information content (AvgIpc) is 2.74. The van der Waals surface area contributed by atoms with Gasteiger partial charge >= 0.3 is 0 Å². The smallest absolute Gasteiger partial charge is 0.262 e. The molecule has 0 bridgehead atoms. The van der Waals surface area contributed by atoms with Crippen molar-refractivity contribution < 1.29 is 17.6 Å². The zero-order valence-corrected chi connectivity index (χ0v) is 17.6. The van der Waals surface area contributed by atoms with Crippen molar-refractivity contribution in [3.8, 4) is 0 Å². The Bertz CT molecular complexity index is 1130. The van der Waals surface area contributed by atoms with Crippen LogP contribution < -0.4 is 4.72 Å². The quantitative estimate of drug-likeness (QED) is 0.597. The van der Waals surface area contributed by atoms with Gasteiger partial charge in [0, 0.05) is 18.2 Å². The van der Waals surface area contributed by atoms with Gasteiger partial charge in [-0.3, -0.25) is 9.52 Å². The third kappa shape index (κ3) is 5.04. The molecule has 1 N–H and O–H groups in total. The summed E-state index contributed by atoms with van der Waals surface area (Å²) in [7, 11) is -4.06. The van der Waals surface area contributed by atoms with E-state index in [0.717, 1.165) is 5.56 Å². The third-order valence-electron chi connectivity index (χ3n) is 4.59. The van der Waals surface area contributed by atoms with Gasteiger partial charge in [0.25, 0.3) is 15.9 Å². The number of nitrogens with one attached hydrogen (secondary N) is 1. The fourth-order valence-electron chi connectivity index (χ4n) is 2.98. The monoisotopic (exact) mass is 426 g/mol. The Morgan fingerprint density at radius 1 is 0.967 bits per heavy atom. The highest BCUT2D eigenvalue weighted by Crippen LogP contribution is 2.21. The highest BCUT2D eigenvalue weighted by molar-refractivity contribution is 7.92. The Labute approximate surface area is 176 Å². The second-order valence-corrected chi connectivity index (χ2v) is 8.81. The molecule has 7 heteroatoms. The molecule has 156 valence electrons. The van der Waals surface area contributed by atoms with E-state index >= 15 is 0 Å². The first-order chi connectivity index (χ1) is 14.3. The normalized spacial score (nSPS) is 11.3. The average molecular weight is 427 g/mol. The zero-order chi connectivity index (χ0) is 21.7. The lowest BCUT2D eigenvalue weighted by molar-refractivity contribution is 0.0690. The van der Waals surface area contributed by atoms with Crippen LogP contribution in [0.15, 0.2) is 83.8 Å². The van der Waals surface area contributed by atoms with Gasteiger partial charge in [-0.15, -0.1) is 0 Å². The molecule has 0 unspecified atom stereocenters. The fourth-order valence-corrected chi connectivity index (χ4v) is 4.09. The van der Waals surface area contributed by atoms with Crippen molar-refractivity contribution in [2.75, 3.05) is 4.72 Å². The molecule has 0 saturated carbocycles. The first-order valence-corrected chi connectivity index (χ1v) is 11.0. The van der Waals surface area contributed by atoms with Gasteiger partial charge in [0.2, 0.25) is 0 Å². The van der Waals surface area contributed by atoms with Crippen LogP contribution >= 0.6 is 0 Å². The number of carbonyl (C=O) groups is 1. The van der Waals surface area contributed by atoms with Crippen LogP contribution in [-0.4, -0.2) is 25.3 Å². The molecule has 3 aromatic carbocycles. The Morgan fingerprint density at radius 2 is 1.63 bits per heavy atom. The summed E-state index contributed by atoms with van der Waals surface area (Å²) in [5, 5.41) is 0. The van der Waals surface area contributed by atoms with Crippen LogP contribution in [0.2, 0.25) is 0 Å². The lowest BCUT2D eigenvalue weighted by Crippen LogP contribution is -2.36. The van der Waals surface area contributed by atoms with Crippen molar-refractivity contribution in [2.24, 2.45) is 0 Å². The van der Waals surface area contributed by atoms with E-state index in [9.17, 15) is 17.6 Å². The Kier molecular flexibility index (Phi) is 6.52. The van der Waals surface area contributed by atoms with Gasteiger partial charge < -0.3 is 4.90 Å². The molecule has 0 heterocycles. The number of halogens is 1. The van der Waals surface area contributed by atoms with Gasteiger partial charge in [0.05, 0.1) is 10.6 Å². The number of amides is 1. The lowest BCUT2D eigenvalue weighted by Gasteiger charge is -2.27. The summed E-state index contributed by atoms with van der Waals surface area (Å²) in [6.45, 7) is 4.21. The van der Waals surface area contributed by atoms with E-state index in [2.05, 4.69) is 4.72 Å². The molecule has 5 nitrogen and oxygen atoms in total. The first kappa shape index (κ1) is 21.5. The number of benzene rings is 3. The molecule has 0 aliphatic rings. The minimum absolute atomic E-state index is 0.0884. The van der Waals surface area contributed by atoms with Crippen LogP contribution in [0.25, 0.3) is 0 Å². The molecular formula is C23H23FN2O3S. The van der Waals surface area contributed by atoms with Crippen molar-refractivity contribution in [1.82, 2.24) is 4.90 Å².